The Balaban J connectivity index is 2.19. The molecule has 1 aromatic rings. The van der Waals surface area contributed by atoms with Gasteiger partial charge < -0.3 is 14.8 Å². The van der Waals surface area contributed by atoms with Crippen molar-refractivity contribution >= 4 is 15.9 Å². The average molecular weight is 370 g/mol. The van der Waals surface area contributed by atoms with Crippen LogP contribution in [-0.4, -0.2) is 52.5 Å². The molecule has 2 rings (SSSR count). The third kappa shape index (κ3) is 4.93. The minimum Gasteiger partial charge on any atom is -0.496 e. The molecule has 0 radical (unpaired) electrons. The van der Waals surface area contributed by atoms with Gasteiger partial charge in [-0.15, -0.1) is 0 Å². The van der Waals surface area contributed by atoms with Crippen molar-refractivity contribution in [1.82, 2.24) is 9.62 Å². The van der Waals surface area contributed by atoms with Crippen molar-refractivity contribution in [2.24, 2.45) is 5.92 Å². The molecule has 0 unspecified atom stereocenters. The third-order valence-corrected chi connectivity index (χ3v) is 6.12. The van der Waals surface area contributed by atoms with E-state index in [1.807, 2.05) is 0 Å². The molecule has 1 aliphatic heterocycles. The number of rotatable bonds is 8. The van der Waals surface area contributed by atoms with Gasteiger partial charge in [0, 0.05) is 38.7 Å². The highest BCUT2D eigenvalue weighted by molar-refractivity contribution is 7.89. The molecule has 1 fully saturated rings. The maximum absolute atomic E-state index is 12.8. The highest BCUT2D eigenvalue weighted by Gasteiger charge is 2.26. The number of nitrogens with one attached hydrogen (secondary N) is 1. The summed E-state index contributed by atoms with van der Waals surface area (Å²) in [5, 5.41) is 2.75. The van der Waals surface area contributed by atoms with Gasteiger partial charge in [0.2, 0.25) is 15.9 Å². The first-order valence-electron chi connectivity index (χ1n) is 8.36. The Morgan fingerprint density at radius 1 is 1.44 bits per heavy atom. The molecule has 1 aromatic carbocycles. The van der Waals surface area contributed by atoms with Gasteiger partial charge in [-0.1, -0.05) is 6.92 Å². The van der Waals surface area contributed by atoms with E-state index in [0.717, 1.165) is 6.42 Å². The summed E-state index contributed by atoms with van der Waals surface area (Å²) in [6.45, 7) is 3.68. The van der Waals surface area contributed by atoms with Crippen molar-refractivity contribution in [3.05, 3.63) is 23.8 Å². The summed E-state index contributed by atoms with van der Waals surface area (Å²) in [7, 11) is -0.514. The van der Waals surface area contributed by atoms with Gasteiger partial charge in [-0.2, -0.15) is 0 Å². The zero-order valence-corrected chi connectivity index (χ0v) is 15.8. The van der Waals surface area contributed by atoms with Crippen LogP contribution in [0.25, 0.3) is 0 Å². The number of amides is 1. The molecule has 8 heteroatoms. The molecule has 25 heavy (non-hydrogen) atoms. The van der Waals surface area contributed by atoms with Crippen LogP contribution in [0.5, 0.6) is 5.75 Å². The molecule has 0 aromatic heterocycles. The Bertz CT molecular complexity index is 699. The number of carbonyl (C=O) groups excluding carboxylic acids is 1. The number of carbonyl (C=O) groups is 1. The van der Waals surface area contributed by atoms with E-state index < -0.39 is 10.0 Å². The topological polar surface area (TPSA) is 84.9 Å². The summed E-state index contributed by atoms with van der Waals surface area (Å²) < 4.78 is 37.6. The second-order valence-corrected chi connectivity index (χ2v) is 8.16. The lowest BCUT2D eigenvalue weighted by atomic mass is 10.1. The highest BCUT2D eigenvalue weighted by Crippen LogP contribution is 2.25. The van der Waals surface area contributed by atoms with Crippen molar-refractivity contribution in [3.8, 4) is 5.75 Å². The molecule has 1 N–H and O–H groups in total. The molecule has 7 nitrogen and oxygen atoms in total. The van der Waals surface area contributed by atoms with Gasteiger partial charge in [-0.25, -0.2) is 12.7 Å². The van der Waals surface area contributed by atoms with Crippen molar-refractivity contribution in [3.63, 3.8) is 0 Å². The predicted octanol–water partition coefficient (Wildman–Crippen LogP) is 1.38. The Morgan fingerprint density at radius 2 is 2.20 bits per heavy atom. The van der Waals surface area contributed by atoms with E-state index in [4.69, 9.17) is 9.47 Å². The summed E-state index contributed by atoms with van der Waals surface area (Å²) in [4.78, 5) is 11.7. The highest BCUT2D eigenvalue weighted by atomic mass is 32.2. The van der Waals surface area contributed by atoms with Crippen molar-refractivity contribution in [1.29, 1.82) is 0 Å². The number of benzene rings is 1. The largest absolute Gasteiger partial charge is 0.496 e. The van der Waals surface area contributed by atoms with Crippen molar-refractivity contribution < 1.29 is 22.7 Å². The first kappa shape index (κ1) is 19.7. The first-order valence-corrected chi connectivity index (χ1v) is 9.80. The Hall–Kier alpha value is -1.64. The normalized spacial score (nSPS) is 17.7. The maximum atomic E-state index is 12.8. The monoisotopic (exact) mass is 370 g/mol. The molecule has 0 bridgehead atoms. The minimum absolute atomic E-state index is 0.103. The lowest BCUT2D eigenvalue weighted by molar-refractivity contribution is -0.120. The van der Waals surface area contributed by atoms with Gasteiger partial charge >= 0.3 is 0 Å². The van der Waals surface area contributed by atoms with Crippen molar-refractivity contribution in [2.75, 3.05) is 33.9 Å². The van der Waals surface area contributed by atoms with E-state index in [1.54, 1.807) is 26.1 Å². The fraction of sp³-hybridized carbons (Fsp3) is 0.588. The summed E-state index contributed by atoms with van der Waals surface area (Å²) in [6.07, 6.45) is 1.24. The van der Waals surface area contributed by atoms with Crippen molar-refractivity contribution in [2.45, 2.75) is 31.2 Å². The van der Waals surface area contributed by atoms with E-state index in [0.29, 0.717) is 37.5 Å². The number of ether oxygens (including phenoxy) is 2. The summed E-state index contributed by atoms with van der Waals surface area (Å²) in [5.74, 6) is 0.664. The first-order chi connectivity index (χ1) is 11.9. The minimum atomic E-state index is -3.61. The molecule has 1 amide bonds. The summed E-state index contributed by atoms with van der Waals surface area (Å²) >= 11 is 0. The molecular weight excluding hydrogens is 344 g/mol. The lowest BCUT2D eigenvalue weighted by Crippen LogP contribution is -2.32. The zero-order valence-electron chi connectivity index (χ0n) is 14.9. The average Bonchev–Trinajstić information content (AvgIpc) is 3.12. The van der Waals surface area contributed by atoms with Gasteiger partial charge in [-0.05, 0) is 30.5 Å². The number of hydrogen-bond donors (Lipinski definition) is 1. The molecule has 1 heterocycles. The number of nitrogens with zero attached hydrogens (tertiary/aromatic N) is 1. The van der Waals surface area contributed by atoms with E-state index in [9.17, 15) is 13.2 Å². The second-order valence-electron chi connectivity index (χ2n) is 6.12. The molecule has 140 valence electrons. The van der Waals surface area contributed by atoms with Crippen LogP contribution in [0, 0.1) is 5.92 Å². The maximum Gasteiger partial charge on any atom is 0.242 e. The second kappa shape index (κ2) is 8.64. The van der Waals surface area contributed by atoms with Crippen LogP contribution in [0.15, 0.2) is 23.1 Å². The van der Waals surface area contributed by atoms with Gasteiger partial charge in [-0.3, -0.25) is 4.79 Å². The predicted molar refractivity (Wildman–Crippen MR) is 93.9 cm³/mol. The third-order valence-electron chi connectivity index (χ3n) is 4.30. The number of hydrogen-bond acceptors (Lipinski definition) is 5. The zero-order chi connectivity index (χ0) is 18.4. The smallest absolute Gasteiger partial charge is 0.242 e. The standard InChI is InChI=1S/C17H26N2O5S/c1-4-17(20)18-10-14-9-15(5-6-16(14)23-3)25(21,22)19(2)11-13-7-8-24-12-13/h5-6,9,13H,4,7-8,10-12H2,1-3H3,(H,18,20)/t13-/m0/s1. The van der Waals surface area contributed by atoms with Gasteiger partial charge in [0.1, 0.15) is 5.75 Å². The van der Waals surface area contributed by atoms with E-state index in [2.05, 4.69) is 5.32 Å². The Labute approximate surface area is 149 Å². The number of sulfonamides is 1. The van der Waals surface area contributed by atoms with Gasteiger partial charge in [0.25, 0.3) is 0 Å². The van der Waals surface area contributed by atoms with E-state index in [-0.39, 0.29) is 23.3 Å². The quantitative estimate of drug-likeness (QED) is 0.747. The van der Waals surface area contributed by atoms with Crippen LogP contribution < -0.4 is 10.1 Å². The molecule has 0 saturated carbocycles. The fourth-order valence-corrected chi connectivity index (χ4v) is 4.04. The number of methoxy groups -OCH3 is 1. The molecule has 1 saturated heterocycles. The molecule has 0 aliphatic carbocycles. The Morgan fingerprint density at radius 3 is 2.80 bits per heavy atom. The molecular formula is C17H26N2O5S. The fourth-order valence-electron chi connectivity index (χ4n) is 2.74. The van der Waals surface area contributed by atoms with Crippen LogP contribution in [-0.2, 0) is 26.1 Å². The van der Waals surface area contributed by atoms with Crippen LogP contribution in [0.1, 0.15) is 25.3 Å². The summed E-state index contributed by atoms with van der Waals surface area (Å²) in [5.41, 5.74) is 0.628. The molecule has 1 atom stereocenters. The van der Waals surface area contributed by atoms with Crippen LogP contribution >= 0.6 is 0 Å². The van der Waals surface area contributed by atoms with Gasteiger partial charge in [0.05, 0.1) is 18.6 Å². The Kier molecular flexibility index (Phi) is 6.80. The van der Waals surface area contributed by atoms with E-state index >= 15 is 0 Å². The summed E-state index contributed by atoms with van der Waals surface area (Å²) in [6, 6.07) is 4.71. The SMILES string of the molecule is CCC(=O)NCc1cc(S(=O)(=O)N(C)C[C@@H]2CCOC2)ccc1OC. The van der Waals surface area contributed by atoms with Crippen LogP contribution in [0.3, 0.4) is 0 Å². The molecule has 0 spiro atoms. The van der Waals surface area contributed by atoms with Crippen LogP contribution in [0.4, 0.5) is 0 Å². The van der Waals surface area contributed by atoms with E-state index in [1.165, 1.54) is 17.5 Å². The molecule has 1 aliphatic rings. The van der Waals surface area contributed by atoms with Crippen LogP contribution in [0.2, 0.25) is 0 Å². The lowest BCUT2D eigenvalue weighted by Gasteiger charge is -2.21. The van der Waals surface area contributed by atoms with Gasteiger partial charge in [0.15, 0.2) is 0 Å².